The molecule has 0 saturated carbocycles. The van der Waals surface area contributed by atoms with E-state index >= 15 is 0 Å². The van der Waals surface area contributed by atoms with Gasteiger partial charge in [0.1, 0.15) is 5.70 Å². The normalized spacial score (nSPS) is 22.8. The first kappa shape index (κ1) is 12.9. The molecule has 0 aromatic rings. The molecule has 0 aromatic heterocycles. The van der Waals surface area contributed by atoms with Crippen molar-refractivity contribution in [2.45, 2.75) is 18.0 Å². The van der Waals surface area contributed by atoms with Gasteiger partial charge in [-0.2, -0.15) is 13.2 Å². The van der Waals surface area contributed by atoms with E-state index in [0.717, 1.165) is 17.8 Å². The van der Waals surface area contributed by atoms with Crippen LogP contribution in [0.1, 0.15) is 6.42 Å². The van der Waals surface area contributed by atoms with Crippen molar-refractivity contribution >= 4 is 28.8 Å². The Hall–Kier alpha value is -1.51. The number of ether oxygens (including phenoxy) is 1. The van der Waals surface area contributed by atoms with Crippen LogP contribution in [0.2, 0.25) is 0 Å². The van der Waals surface area contributed by atoms with Crippen LogP contribution in [0.25, 0.3) is 0 Å². The molecular formula is C9H6F3NO4S. The summed E-state index contributed by atoms with van der Waals surface area (Å²) in [6.07, 6.45) is -3.71. The van der Waals surface area contributed by atoms with Crippen molar-refractivity contribution in [3.05, 3.63) is 11.8 Å². The molecule has 0 aliphatic carbocycles. The summed E-state index contributed by atoms with van der Waals surface area (Å²) in [5.74, 6) is -4.04. The zero-order valence-corrected chi connectivity index (χ0v) is 9.51. The molecule has 2 rings (SSSR count). The highest BCUT2D eigenvalue weighted by Gasteiger charge is 2.45. The van der Waals surface area contributed by atoms with Gasteiger partial charge in [-0.05, 0) is 6.42 Å². The Morgan fingerprint density at radius 3 is 2.61 bits per heavy atom. The Morgan fingerprint density at radius 2 is 2.11 bits per heavy atom. The molecule has 1 saturated heterocycles. The molecule has 1 unspecified atom stereocenters. The van der Waals surface area contributed by atoms with Gasteiger partial charge < -0.3 is 9.64 Å². The summed E-state index contributed by atoms with van der Waals surface area (Å²) in [5, 5.41) is -0.701. The van der Waals surface area contributed by atoms with E-state index < -0.39 is 23.2 Å². The predicted molar refractivity (Wildman–Crippen MR) is 52.9 cm³/mol. The van der Waals surface area contributed by atoms with Crippen LogP contribution < -0.4 is 0 Å². The lowest BCUT2D eigenvalue weighted by molar-refractivity contribution is -0.201. The minimum absolute atomic E-state index is 0.258. The molecule has 0 bridgehead atoms. The van der Waals surface area contributed by atoms with E-state index in [9.17, 15) is 27.6 Å². The van der Waals surface area contributed by atoms with E-state index in [2.05, 4.69) is 4.74 Å². The summed E-state index contributed by atoms with van der Waals surface area (Å²) in [5.41, 5.74) is -0.299. The van der Waals surface area contributed by atoms with Gasteiger partial charge in [0.25, 0.3) is 0 Å². The number of rotatable bonds is 1. The van der Waals surface area contributed by atoms with Crippen LogP contribution in [0.3, 0.4) is 0 Å². The lowest BCUT2D eigenvalue weighted by atomic mass is 10.2. The van der Waals surface area contributed by atoms with E-state index in [1.807, 2.05) is 0 Å². The number of nitrogens with zero attached hydrogens (tertiary/aromatic N) is 1. The number of thioether (sulfide) groups is 1. The second-order valence-electron chi connectivity index (χ2n) is 3.58. The van der Waals surface area contributed by atoms with E-state index in [1.54, 1.807) is 0 Å². The highest BCUT2D eigenvalue weighted by Crippen LogP contribution is 2.37. The van der Waals surface area contributed by atoms with Crippen LogP contribution >= 0.6 is 11.8 Å². The number of carbonyl (C=O) groups excluding carboxylic acids is 3. The molecule has 9 heteroatoms. The van der Waals surface area contributed by atoms with Gasteiger partial charge in [0, 0.05) is 12.6 Å². The Balaban J connectivity index is 2.09. The molecule has 1 atom stereocenters. The van der Waals surface area contributed by atoms with Gasteiger partial charge in [-0.3, -0.25) is 4.79 Å². The molecule has 5 nitrogen and oxygen atoms in total. The molecule has 2 aliphatic rings. The summed E-state index contributed by atoms with van der Waals surface area (Å²) >= 11 is 0.977. The second kappa shape index (κ2) is 4.30. The zero-order chi connectivity index (χ0) is 13.5. The molecule has 2 aliphatic heterocycles. The molecule has 2 heterocycles. The van der Waals surface area contributed by atoms with Crippen molar-refractivity contribution < 1.29 is 32.3 Å². The number of hydrogen-bond acceptors (Lipinski definition) is 6. The molecule has 18 heavy (non-hydrogen) atoms. The van der Waals surface area contributed by atoms with Crippen LogP contribution in [0.5, 0.6) is 0 Å². The SMILES string of the molecule is O=C1C=C(C(=O)OC(=O)C(F)(F)F)N2CCC2S1. The van der Waals surface area contributed by atoms with Crippen molar-refractivity contribution in [2.24, 2.45) is 0 Å². The summed E-state index contributed by atoms with van der Waals surface area (Å²) in [6, 6.07) is 0. The number of fused-ring (bicyclic) bond motifs is 1. The highest BCUT2D eigenvalue weighted by atomic mass is 32.2. The lowest BCUT2D eigenvalue weighted by Crippen LogP contribution is -2.49. The first-order valence-electron chi connectivity index (χ1n) is 4.81. The minimum atomic E-state index is -5.24. The fourth-order valence-corrected chi connectivity index (χ4v) is 2.51. The van der Waals surface area contributed by atoms with Gasteiger partial charge in [-0.15, -0.1) is 0 Å². The molecule has 0 N–H and O–H groups in total. The maximum atomic E-state index is 11.9. The Kier molecular flexibility index (Phi) is 3.09. The van der Waals surface area contributed by atoms with E-state index in [1.165, 1.54) is 4.90 Å². The van der Waals surface area contributed by atoms with Crippen LogP contribution in [0.4, 0.5) is 13.2 Å². The van der Waals surface area contributed by atoms with E-state index in [4.69, 9.17) is 0 Å². The molecule has 0 radical (unpaired) electrons. The third-order valence-corrected chi connectivity index (χ3v) is 3.52. The predicted octanol–water partition coefficient (Wildman–Crippen LogP) is 0.808. The fourth-order valence-electron chi connectivity index (χ4n) is 1.49. The van der Waals surface area contributed by atoms with Crippen LogP contribution in [0.15, 0.2) is 11.8 Å². The first-order chi connectivity index (χ1) is 8.29. The molecule has 0 amide bonds. The van der Waals surface area contributed by atoms with Gasteiger partial charge in [-0.1, -0.05) is 11.8 Å². The number of esters is 2. The highest BCUT2D eigenvalue weighted by molar-refractivity contribution is 8.14. The third kappa shape index (κ3) is 2.35. The van der Waals surface area contributed by atoms with Gasteiger partial charge in [0.2, 0.25) is 5.12 Å². The number of alkyl halides is 3. The van der Waals surface area contributed by atoms with Gasteiger partial charge in [0.05, 0.1) is 5.37 Å². The average Bonchev–Trinajstić information content (AvgIpc) is 2.20. The maximum absolute atomic E-state index is 11.9. The van der Waals surface area contributed by atoms with Crippen molar-refractivity contribution in [2.75, 3.05) is 6.54 Å². The molecule has 1 fully saturated rings. The molecule has 98 valence electrons. The minimum Gasteiger partial charge on any atom is -0.382 e. The topological polar surface area (TPSA) is 63.7 Å². The van der Waals surface area contributed by atoms with Gasteiger partial charge in [-0.25, -0.2) is 9.59 Å². The van der Waals surface area contributed by atoms with Gasteiger partial charge >= 0.3 is 18.1 Å². The fraction of sp³-hybridized carbons (Fsp3) is 0.444. The van der Waals surface area contributed by atoms with Crippen molar-refractivity contribution in [3.63, 3.8) is 0 Å². The van der Waals surface area contributed by atoms with Crippen molar-refractivity contribution in [1.82, 2.24) is 4.90 Å². The number of hydrogen-bond donors (Lipinski definition) is 0. The smallest absolute Gasteiger partial charge is 0.382 e. The third-order valence-electron chi connectivity index (χ3n) is 2.41. The standard InChI is InChI=1S/C9H6F3NO4S/c10-9(11,12)8(16)17-7(15)4-3-6(14)18-5-1-2-13(4)5/h3,5H,1-2H2. The van der Waals surface area contributed by atoms with Crippen molar-refractivity contribution in [1.29, 1.82) is 0 Å². The van der Waals surface area contributed by atoms with E-state index in [-0.39, 0.29) is 11.1 Å². The summed E-state index contributed by atoms with van der Waals surface area (Å²) < 4.78 is 39.4. The van der Waals surface area contributed by atoms with Gasteiger partial charge in [0.15, 0.2) is 0 Å². The number of halogens is 3. The summed E-state index contributed by atoms with van der Waals surface area (Å²) in [4.78, 5) is 34.5. The van der Waals surface area contributed by atoms with Crippen molar-refractivity contribution in [3.8, 4) is 0 Å². The maximum Gasteiger partial charge on any atom is 0.491 e. The molecule has 0 spiro atoms. The Bertz CT molecular complexity index is 459. The monoisotopic (exact) mass is 281 g/mol. The Labute approximate surface area is 103 Å². The quantitative estimate of drug-likeness (QED) is 0.523. The van der Waals surface area contributed by atoms with E-state index in [0.29, 0.717) is 13.0 Å². The average molecular weight is 281 g/mol. The molecule has 0 aromatic carbocycles. The Morgan fingerprint density at radius 1 is 1.44 bits per heavy atom. The van der Waals surface area contributed by atoms with Crippen LogP contribution in [-0.2, 0) is 19.1 Å². The van der Waals surface area contributed by atoms with Crippen LogP contribution in [-0.4, -0.2) is 40.0 Å². The summed E-state index contributed by atoms with van der Waals surface area (Å²) in [6.45, 7) is 0.437. The largest absolute Gasteiger partial charge is 0.491 e. The second-order valence-corrected chi connectivity index (χ2v) is 4.76. The van der Waals surface area contributed by atoms with Crippen LogP contribution in [0, 0.1) is 0 Å². The number of carbonyl (C=O) groups is 3. The lowest BCUT2D eigenvalue weighted by Gasteiger charge is -2.43. The first-order valence-corrected chi connectivity index (χ1v) is 5.69. The summed E-state index contributed by atoms with van der Waals surface area (Å²) in [7, 11) is 0. The zero-order valence-electron chi connectivity index (χ0n) is 8.69. The molecular weight excluding hydrogens is 275 g/mol.